The zero-order valence-corrected chi connectivity index (χ0v) is 14.7. The van der Waals surface area contributed by atoms with Gasteiger partial charge in [0.1, 0.15) is 5.82 Å². The molecule has 0 fully saturated rings. The average molecular weight is 368 g/mol. The summed E-state index contributed by atoms with van der Waals surface area (Å²) >= 11 is 2.42. The fourth-order valence-corrected chi connectivity index (χ4v) is 3.30. The minimum Gasteiger partial charge on any atom is -0.325 e. The number of amides is 2. The normalized spacial score (nSPS) is 10.4. The fraction of sp³-hybridized carbons (Fsp3) is 0.333. The van der Waals surface area contributed by atoms with E-state index in [0.29, 0.717) is 21.6 Å². The van der Waals surface area contributed by atoms with Gasteiger partial charge in [0.05, 0.1) is 5.75 Å². The molecule has 1 heterocycles. The van der Waals surface area contributed by atoms with Crippen molar-refractivity contribution in [3.05, 3.63) is 30.1 Å². The third-order valence-electron chi connectivity index (χ3n) is 2.85. The summed E-state index contributed by atoms with van der Waals surface area (Å²) in [6.07, 6.45) is 2.23. The number of halogens is 1. The van der Waals surface area contributed by atoms with E-state index < -0.39 is 5.82 Å². The molecule has 0 atom stereocenters. The topological polar surface area (TPSA) is 84.0 Å². The van der Waals surface area contributed by atoms with Crippen LogP contribution >= 0.6 is 23.1 Å². The summed E-state index contributed by atoms with van der Waals surface area (Å²) in [5, 5.41) is 13.5. The number of benzene rings is 1. The Morgan fingerprint density at radius 3 is 2.83 bits per heavy atom. The lowest BCUT2D eigenvalue weighted by Gasteiger charge is -2.03. The maximum Gasteiger partial charge on any atom is 0.234 e. The number of hydrogen-bond donors (Lipinski definition) is 2. The van der Waals surface area contributed by atoms with E-state index in [1.165, 1.54) is 41.3 Å². The lowest BCUT2D eigenvalue weighted by Crippen LogP contribution is -2.13. The van der Waals surface area contributed by atoms with Crippen LogP contribution in [-0.2, 0) is 9.59 Å². The average Bonchev–Trinajstić information content (AvgIpc) is 2.98. The molecule has 2 N–H and O–H groups in total. The number of anilines is 2. The van der Waals surface area contributed by atoms with E-state index in [-0.39, 0.29) is 17.6 Å². The summed E-state index contributed by atoms with van der Waals surface area (Å²) in [6, 6.07) is 5.69. The van der Waals surface area contributed by atoms with Crippen LogP contribution in [-0.4, -0.2) is 27.8 Å². The molecule has 9 heteroatoms. The van der Waals surface area contributed by atoms with E-state index in [0.717, 1.165) is 12.8 Å². The number of nitrogens with one attached hydrogen (secondary N) is 2. The highest BCUT2D eigenvalue weighted by Crippen LogP contribution is 2.25. The van der Waals surface area contributed by atoms with Crippen LogP contribution in [0.1, 0.15) is 26.2 Å². The van der Waals surface area contributed by atoms with Crippen molar-refractivity contribution in [3.63, 3.8) is 0 Å². The van der Waals surface area contributed by atoms with Crippen molar-refractivity contribution < 1.29 is 14.0 Å². The van der Waals surface area contributed by atoms with Crippen molar-refractivity contribution in [3.8, 4) is 0 Å². The van der Waals surface area contributed by atoms with Gasteiger partial charge in [-0.3, -0.25) is 9.59 Å². The van der Waals surface area contributed by atoms with Crippen LogP contribution in [0.15, 0.2) is 28.6 Å². The highest BCUT2D eigenvalue weighted by molar-refractivity contribution is 8.01. The highest BCUT2D eigenvalue weighted by Gasteiger charge is 2.10. The molecule has 2 amide bonds. The summed E-state index contributed by atoms with van der Waals surface area (Å²) in [6.45, 7) is 2.02. The Balaban J connectivity index is 1.78. The van der Waals surface area contributed by atoms with E-state index in [1.807, 2.05) is 6.92 Å². The van der Waals surface area contributed by atoms with E-state index in [1.54, 1.807) is 6.07 Å². The van der Waals surface area contributed by atoms with E-state index in [2.05, 4.69) is 20.8 Å². The number of carbonyl (C=O) groups is 2. The molecule has 0 saturated carbocycles. The number of unbranched alkanes of at least 4 members (excludes halogenated alkanes) is 1. The molecule has 0 spiro atoms. The van der Waals surface area contributed by atoms with Crippen molar-refractivity contribution >= 4 is 45.7 Å². The van der Waals surface area contributed by atoms with Gasteiger partial charge in [-0.15, -0.1) is 10.2 Å². The zero-order valence-electron chi connectivity index (χ0n) is 13.0. The van der Waals surface area contributed by atoms with Gasteiger partial charge in [-0.2, -0.15) is 0 Å². The predicted octanol–water partition coefficient (Wildman–Crippen LogP) is 3.54. The Hall–Kier alpha value is -2.00. The van der Waals surface area contributed by atoms with Crippen molar-refractivity contribution in [1.29, 1.82) is 0 Å². The smallest absolute Gasteiger partial charge is 0.234 e. The van der Waals surface area contributed by atoms with E-state index in [4.69, 9.17) is 0 Å². The fourth-order valence-electron chi connectivity index (χ4n) is 1.73. The van der Waals surface area contributed by atoms with Crippen molar-refractivity contribution in [2.24, 2.45) is 0 Å². The molecular weight excluding hydrogens is 351 g/mol. The lowest BCUT2D eigenvalue weighted by atomic mass is 10.2. The second-order valence-electron chi connectivity index (χ2n) is 4.87. The van der Waals surface area contributed by atoms with Crippen LogP contribution in [0.25, 0.3) is 0 Å². The van der Waals surface area contributed by atoms with Gasteiger partial charge in [-0.05, 0) is 24.6 Å². The number of thioether (sulfide) groups is 1. The summed E-state index contributed by atoms with van der Waals surface area (Å²) in [7, 11) is 0. The molecule has 6 nitrogen and oxygen atoms in total. The standard InChI is InChI=1S/C15H17FN4O2S2/c1-2-3-7-12(21)18-14-19-20-15(24-14)23-9-13(22)17-11-6-4-5-10(16)8-11/h4-6,8H,2-3,7,9H2,1H3,(H,17,22)(H,18,19,21). The Morgan fingerprint density at radius 2 is 2.08 bits per heavy atom. The second-order valence-corrected chi connectivity index (χ2v) is 7.07. The summed E-state index contributed by atoms with van der Waals surface area (Å²) in [5.41, 5.74) is 0.404. The van der Waals surface area contributed by atoms with Crippen LogP contribution in [0, 0.1) is 5.82 Å². The van der Waals surface area contributed by atoms with Gasteiger partial charge in [0.15, 0.2) is 4.34 Å². The quantitative estimate of drug-likeness (QED) is 0.550. The maximum absolute atomic E-state index is 13.0. The van der Waals surface area contributed by atoms with Crippen LogP contribution in [0.2, 0.25) is 0 Å². The molecular formula is C15H17FN4O2S2. The van der Waals surface area contributed by atoms with Gasteiger partial charge in [0.25, 0.3) is 0 Å². The van der Waals surface area contributed by atoms with Crippen LogP contribution in [0.3, 0.4) is 0 Å². The third kappa shape index (κ3) is 6.25. The van der Waals surface area contributed by atoms with Gasteiger partial charge in [0, 0.05) is 12.1 Å². The second kappa shape index (κ2) is 9.33. The predicted molar refractivity (Wildman–Crippen MR) is 93.8 cm³/mol. The molecule has 0 radical (unpaired) electrons. The molecule has 0 saturated heterocycles. The maximum atomic E-state index is 13.0. The number of rotatable bonds is 8. The number of hydrogen-bond acceptors (Lipinski definition) is 6. The minimum absolute atomic E-state index is 0.0894. The van der Waals surface area contributed by atoms with Gasteiger partial charge < -0.3 is 10.6 Å². The molecule has 0 bridgehead atoms. The first-order valence-electron chi connectivity index (χ1n) is 7.38. The van der Waals surface area contributed by atoms with Crippen molar-refractivity contribution in [1.82, 2.24) is 10.2 Å². The molecule has 1 aromatic carbocycles. The van der Waals surface area contributed by atoms with Gasteiger partial charge in [-0.25, -0.2) is 4.39 Å². The Morgan fingerprint density at radius 1 is 1.25 bits per heavy atom. The molecule has 0 aliphatic heterocycles. The van der Waals surface area contributed by atoms with Gasteiger partial charge in [-0.1, -0.05) is 42.5 Å². The first-order chi connectivity index (χ1) is 11.6. The summed E-state index contributed by atoms with van der Waals surface area (Å²) < 4.78 is 13.6. The minimum atomic E-state index is -0.409. The summed E-state index contributed by atoms with van der Waals surface area (Å²) in [5.74, 6) is -0.648. The molecule has 2 aromatic rings. The molecule has 2 rings (SSSR count). The molecule has 24 heavy (non-hydrogen) atoms. The van der Waals surface area contributed by atoms with E-state index in [9.17, 15) is 14.0 Å². The molecule has 0 unspecified atom stereocenters. The van der Waals surface area contributed by atoms with Gasteiger partial charge >= 0.3 is 0 Å². The first-order valence-corrected chi connectivity index (χ1v) is 9.18. The highest BCUT2D eigenvalue weighted by atomic mass is 32.2. The lowest BCUT2D eigenvalue weighted by molar-refractivity contribution is -0.116. The van der Waals surface area contributed by atoms with Crippen LogP contribution in [0.4, 0.5) is 15.2 Å². The largest absolute Gasteiger partial charge is 0.325 e. The van der Waals surface area contributed by atoms with Crippen LogP contribution in [0.5, 0.6) is 0 Å². The van der Waals surface area contributed by atoms with Crippen molar-refractivity contribution in [2.45, 2.75) is 30.5 Å². The van der Waals surface area contributed by atoms with Crippen LogP contribution < -0.4 is 10.6 Å². The first kappa shape index (κ1) is 18.3. The molecule has 128 valence electrons. The van der Waals surface area contributed by atoms with E-state index >= 15 is 0 Å². The summed E-state index contributed by atoms with van der Waals surface area (Å²) in [4.78, 5) is 23.4. The molecule has 0 aliphatic rings. The Labute approximate surface area is 147 Å². The number of aromatic nitrogens is 2. The molecule has 0 aliphatic carbocycles. The van der Waals surface area contributed by atoms with Crippen molar-refractivity contribution in [2.75, 3.05) is 16.4 Å². The monoisotopic (exact) mass is 368 g/mol. The number of carbonyl (C=O) groups excluding carboxylic acids is 2. The molecule has 1 aromatic heterocycles. The third-order valence-corrected chi connectivity index (χ3v) is 4.82. The number of nitrogens with zero attached hydrogens (tertiary/aromatic N) is 2. The Bertz CT molecular complexity index is 708. The zero-order chi connectivity index (χ0) is 17.4. The van der Waals surface area contributed by atoms with Gasteiger partial charge in [0.2, 0.25) is 16.9 Å². The Kier molecular flexibility index (Phi) is 7.13. The SMILES string of the molecule is CCCCC(=O)Nc1nnc(SCC(=O)Nc2cccc(F)c2)s1.